The molecule has 0 amide bonds. The van der Waals surface area contributed by atoms with Crippen LogP contribution < -0.4 is 4.74 Å². The van der Waals surface area contributed by atoms with Gasteiger partial charge in [0.2, 0.25) is 0 Å². The zero-order valence-corrected chi connectivity index (χ0v) is 13.5. The van der Waals surface area contributed by atoms with Crippen LogP contribution in [0.15, 0.2) is 36.8 Å². The minimum absolute atomic E-state index is 0.0370. The summed E-state index contributed by atoms with van der Waals surface area (Å²) < 4.78 is 15.4. The van der Waals surface area contributed by atoms with Gasteiger partial charge in [-0.25, -0.2) is 15.0 Å². The van der Waals surface area contributed by atoms with Crippen molar-refractivity contribution in [1.29, 1.82) is 0 Å². The molecule has 2 aromatic rings. The molecular formula is C16H21N3O4. The van der Waals surface area contributed by atoms with E-state index < -0.39 is 0 Å². The summed E-state index contributed by atoms with van der Waals surface area (Å²) in [6.45, 7) is 7.25. The van der Waals surface area contributed by atoms with E-state index in [4.69, 9.17) is 14.2 Å². The summed E-state index contributed by atoms with van der Waals surface area (Å²) in [5, 5.41) is 0. The Bertz CT molecular complexity index is 560. The summed E-state index contributed by atoms with van der Waals surface area (Å²) in [5.41, 5.74) is 0.227. The van der Waals surface area contributed by atoms with E-state index in [9.17, 15) is 4.79 Å². The predicted molar refractivity (Wildman–Crippen MR) is 84.4 cm³/mol. The quantitative estimate of drug-likeness (QED) is 0.573. The molecule has 0 aromatic carbocycles. The SMILES string of the molecule is CCOC(C)OCC.O=Cc1ncccc1Oc1ncccn1. The van der Waals surface area contributed by atoms with Crippen molar-refractivity contribution in [3.05, 3.63) is 42.5 Å². The van der Waals surface area contributed by atoms with Gasteiger partial charge >= 0.3 is 6.01 Å². The maximum absolute atomic E-state index is 10.6. The molecule has 0 spiro atoms. The fourth-order valence-corrected chi connectivity index (χ4v) is 1.53. The molecule has 0 bridgehead atoms. The molecule has 23 heavy (non-hydrogen) atoms. The van der Waals surface area contributed by atoms with Crippen LogP contribution in [0.3, 0.4) is 0 Å². The van der Waals surface area contributed by atoms with Crippen LogP contribution in [0.1, 0.15) is 31.3 Å². The average molecular weight is 319 g/mol. The van der Waals surface area contributed by atoms with Crippen molar-refractivity contribution in [3.63, 3.8) is 0 Å². The standard InChI is InChI=1S/C10H7N3O2.C6H14O2/c14-7-8-9(3-1-4-11-8)15-10-12-5-2-6-13-10;1-4-7-6(3)8-5-2/h1-7H;6H,4-5H2,1-3H3. The van der Waals surface area contributed by atoms with E-state index in [1.54, 1.807) is 30.6 Å². The van der Waals surface area contributed by atoms with Gasteiger partial charge in [-0.15, -0.1) is 0 Å². The van der Waals surface area contributed by atoms with Crippen LogP contribution in [0.4, 0.5) is 0 Å². The summed E-state index contributed by atoms with van der Waals surface area (Å²) in [6.07, 6.45) is 5.21. The molecule has 0 N–H and O–H groups in total. The second-order valence-electron chi connectivity index (χ2n) is 4.12. The Balaban J connectivity index is 0.000000284. The van der Waals surface area contributed by atoms with Crippen molar-refractivity contribution in [2.24, 2.45) is 0 Å². The normalized spacial score (nSPS) is 9.91. The second-order valence-corrected chi connectivity index (χ2v) is 4.12. The third kappa shape index (κ3) is 7.44. The Morgan fingerprint density at radius 2 is 1.65 bits per heavy atom. The fourth-order valence-electron chi connectivity index (χ4n) is 1.53. The molecule has 0 fully saturated rings. The lowest BCUT2D eigenvalue weighted by atomic mass is 10.3. The highest BCUT2D eigenvalue weighted by Crippen LogP contribution is 2.18. The van der Waals surface area contributed by atoms with Gasteiger partial charge in [-0.1, -0.05) is 0 Å². The summed E-state index contributed by atoms with van der Waals surface area (Å²) in [4.78, 5) is 22.2. The number of nitrogens with zero attached hydrogens (tertiary/aromatic N) is 3. The number of ether oxygens (including phenoxy) is 3. The topological polar surface area (TPSA) is 83.4 Å². The maximum Gasteiger partial charge on any atom is 0.321 e. The number of carbonyl (C=O) groups excluding carboxylic acids is 1. The zero-order chi connectivity index (χ0) is 16.9. The van der Waals surface area contributed by atoms with E-state index in [0.29, 0.717) is 12.0 Å². The van der Waals surface area contributed by atoms with Gasteiger partial charge in [0.05, 0.1) is 0 Å². The Kier molecular flexibility index (Phi) is 9.11. The molecule has 0 aliphatic carbocycles. The highest BCUT2D eigenvalue weighted by atomic mass is 16.7. The lowest BCUT2D eigenvalue weighted by Crippen LogP contribution is -2.11. The third-order valence-corrected chi connectivity index (χ3v) is 2.46. The van der Waals surface area contributed by atoms with Crippen LogP contribution in [0.25, 0.3) is 0 Å². The molecule has 0 unspecified atom stereocenters. The van der Waals surface area contributed by atoms with Crippen LogP contribution in [-0.2, 0) is 9.47 Å². The molecule has 2 aromatic heterocycles. The molecule has 7 heteroatoms. The van der Waals surface area contributed by atoms with Crippen LogP contribution in [0.2, 0.25) is 0 Å². The summed E-state index contributed by atoms with van der Waals surface area (Å²) in [7, 11) is 0. The van der Waals surface area contributed by atoms with E-state index in [-0.39, 0.29) is 18.0 Å². The molecule has 2 rings (SSSR count). The zero-order valence-electron chi connectivity index (χ0n) is 13.5. The smallest absolute Gasteiger partial charge is 0.321 e. The molecule has 124 valence electrons. The van der Waals surface area contributed by atoms with E-state index >= 15 is 0 Å². The molecule has 0 atom stereocenters. The van der Waals surface area contributed by atoms with E-state index in [1.807, 2.05) is 20.8 Å². The fraction of sp³-hybridized carbons (Fsp3) is 0.375. The van der Waals surface area contributed by atoms with Gasteiger partial charge in [-0.05, 0) is 39.0 Å². The highest BCUT2D eigenvalue weighted by Gasteiger charge is 2.05. The third-order valence-electron chi connectivity index (χ3n) is 2.46. The Morgan fingerprint density at radius 3 is 2.22 bits per heavy atom. The maximum atomic E-state index is 10.6. The first-order chi connectivity index (χ1) is 11.2. The molecule has 0 aliphatic heterocycles. The largest absolute Gasteiger partial charge is 0.422 e. The number of pyridine rings is 1. The summed E-state index contributed by atoms with van der Waals surface area (Å²) in [5.74, 6) is 0.346. The summed E-state index contributed by atoms with van der Waals surface area (Å²) in [6, 6.07) is 5.17. The highest BCUT2D eigenvalue weighted by molar-refractivity contribution is 5.76. The Hall–Kier alpha value is -2.38. The van der Waals surface area contributed by atoms with Crippen molar-refractivity contribution in [1.82, 2.24) is 15.0 Å². The van der Waals surface area contributed by atoms with Crippen molar-refractivity contribution in [3.8, 4) is 11.8 Å². The second kappa shape index (κ2) is 11.2. The van der Waals surface area contributed by atoms with E-state index in [2.05, 4.69) is 15.0 Å². The number of aromatic nitrogens is 3. The van der Waals surface area contributed by atoms with Crippen molar-refractivity contribution in [2.45, 2.75) is 27.1 Å². The first kappa shape index (κ1) is 18.7. The molecular weight excluding hydrogens is 298 g/mol. The van der Waals surface area contributed by atoms with Crippen molar-refractivity contribution in [2.75, 3.05) is 13.2 Å². The first-order valence-electron chi connectivity index (χ1n) is 7.29. The minimum atomic E-state index is -0.0370. The number of rotatable bonds is 7. The average Bonchev–Trinajstić information content (AvgIpc) is 2.57. The molecule has 0 aliphatic rings. The van der Waals surface area contributed by atoms with Gasteiger partial charge in [0.25, 0.3) is 0 Å². The van der Waals surface area contributed by atoms with Gasteiger partial charge in [0.1, 0.15) is 5.69 Å². The van der Waals surface area contributed by atoms with Crippen molar-refractivity contribution < 1.29 is 19.0 Å². The van der Waals surface area contributed by atoms with Gasteiger partial charge in [0.15, 0.2) is 18.3 Å². The number of hydrogen-bond donors (Lipinski definition) is 0. The predicted octanol–water partition coefficient (Wildman–Crippen LogP) is 2.88. The van der Waals surface area contributed by atoms with Gasteiger partial charge in [-0.3, -0.25) is 4.79 Å². The molecule has 0 radical (unpaired) electrons. The Labute approximate surface area is 135 Å². The summed E-state index contributed by atoms with van der Waals surface area (Å²) >= 11 is 0. The minimum Gasteiger partial charge on any atom is -0.422 e. The monoisotopic (exact) mass is 319 g/mol. The lowest BCUT2D eigenvalue weighted by Gasteiger charge is -2.09. The first-order valence-corrected chi connectivity index (χ1v) is 7.29. The number of carbonyl (C=O) groups is 1. The van der Waals surface area contributed by atoms with Gasteiger partial charge < -0.3 is 14.2 Å². The van der Waals surface area contributed by atoms with E-state index in [1.165, 1.54) is 6.20 Å². The molecule has 0 saturated carbocycles. The Morgan fingerprint density at radius 1 is 1.04 bits per heavy atom. The van der Waals surface area contributed by atoms with Crippen LogP contribution in [0.5, 0.6) is 11.8 Å². The number of hydrogen-bond acceptors (Lipinski definition) is 7. The van der Waals surface area contributed by atoms with Gasteiger partial charge in [0, 0.05) is 31.8 Å². The molecule has 2 heterocycles. The van der Waals surface area contributed by atoms with Crippen LogP contribution in [0, 0.1) is 0 Å². The van der Waals surface area contributed by atoms with Gasteiger partial charge in [-0.2, -0.15) is 0 Å². The molecule has 0 saturated heterocycles. The number of aldehydes is 1. The van der Waals surface area contributed by atoms with Crippen molar-refractivity contribution >= 4 is 6.29 Å². The van der Waals surface area contributed by atoms with E-state index in [0.717, 1.165) is 13.2 Å². The van der Waals surface area contributed by atoms with Crippen LogP contribution in [-0.4, -0.2) is 40.7 Å². The molecule has 7 nitrogen and oxygen atoms in total. The van der Waals surface area contributed by atoms with Crippen LogP contribution >= 0.6 is 0 Å². The lowest BCUT2D eigenvalue weighted by molar-refractivity contribution is -0.123.